The van der Waals surface area contributed by atoms with Gasteiger partial charge in [-0.15, -0.1) is 0 Å². The molecular weight excluding hydrogens is 372 g/mol. The van der Waals surface area contributed by atoms with Crippen LogP contribution in [-0.4, -0.2) is 32.1 Å². The van der Waals surface area contributed by atoms with Gasteiger partial charge in [0.1, 0.15) is 17.1 Å². The maximum atomic E-state index is 13.0. The second-order valence-corrected chi connectivity index (χ2v) is 6.81. The number of urea groups is 1. The van der Waals surface area contributed by atoms with Gasteiger partial charge in [-0.2, -0.15) is 0 Å². The lowest BCUT2D eigenvalue weighted by atomic mass is 10.0. The van der Waals surface area contributed by atoms with E-state index in [2.05, 4.69) is 19.2 Å². The van der Waals surface area contributed by atoms with Crippen LogP contribution in [0.2, 0.25) is 0 Å². The number of amides is 4. The summed E-state index contributed by atoms with van der Waals surface area (Å²) in [6.45, 7) is 4.10. The average Bonchev–Trinajstić information content (AvgIpc) is 2.71. The average molecular weight is 394 g/mol. The minimum absolute atomic E-state index is 0.177. The minimum Gasteiger partial charge on any atom is -0.497 e. The second-order valence-electron chi connectivity index (χ2n) is 6.81. The Morgan fingerprint density at radius 2 is 1.66 bits per heavy atom. The van der Waals surface area contributed by atoms with E-state index in [0.29, 0.717) is 28.7 Å². The molecule has 0 radical (unpaired) electrons. The van der Waals surface area contributed by atoms with Crippen molar-refractivity contribution in [2.75, 3.05) is 19.1 Å². The lowest BCUT2D eigenvalue weighted by Crippen LogP contribution is -2.54. The molecule has 0 atom stereocenters. The van der Waals surface area contributed by atoms with Gasteiger partial charge in [0.25, 0.3) is 11.8 Å². The molecule has 2 aromatic carbocycles. The molecule has 2 aromatic rings. The zero-order chi connectivity index (χ0) is 21.1. The van der Waals surface area contributed by atoms with Crippen molar-refractivity contribution in [2.24, 2.45) is 0 Å². The zero-order valence-electron chi connectivity index (χ0n) is 16.7. The van der Waals surface area contributed by atoms with Crippen LogP contribution in [0.3, 0.4) is 0 Å². The van der Waals surface area contributed by atoms with E-state index in [-0.39, 0.29) is 5.57 Å². The molecule has 0 saturated carbocycles. The number of carbonyl (C=O) groups is 3. The fourth-order valence-corrected chi connectivity index (χ4v) is 3.01. The summed E-state index contributed by atoms with van der Waals surface area (Å²) in [6, 6.07) is 11.3. The molecule has 0 aliphatic carbocycles. The number of ether oxygens (including phenoxy) is 2. The Kier molecular flexibility index (Phi) is 5.68. The summed E-state index contributed by atoms with van der Waals surface area (Å²) in [5.41, 5.74) is 1.76. The maximum absolute atomic E-state index is 13.0. The highest BCUT2D eigenvalue weighted by molar-refractivity contribution is 6.39. The van der Waals surface area contributed by atoms with Gasteiger partial charge in [-0.3, -0.25) is 14.9 Å². The van der Waals surface area contributed by atoms with E-state index in [4.69, 9.17) is 9.47 Å². The van der Waals surface area contributed by atoms with Crippen molar-refractivity contribution in [2.45, 2.75) is 19.8 Å². The van der Waals surface area contributed by atoms with Gasteiger partial charge in [-0.1, -0.05) is 26.0 Å². The van der Waals surface area contributed by atoms with Crippen LogP contribution in [0, 0.1) is 0 Å². The van der Waals surface area contributed by atoms with Crippen LogP contribution in [0.1, 0.15) is 30.9 Å². The third-order valence-electron chi connectivity index (χ3n) is 4.66. The van der Waals surface area contributed by atoms with Gasteiger partial charge in [0.15, 0.2) is 0 Å². The highest BCUT2D eigenvalue weighted by Crippen LogP contribution is 2.29. The van der Waals surface area contributed by atoms with Crippen LogP contribution < -0.4 is 19.7 Å². The number of benzene rings is 2. The number of barbiturate groups is 1. The molecule has 1 aliphatic rings. The molecule has 150 valence electrons. The molecule has 4 amide bonds. The molecule has 1 N–H and O–H groups in total. The number of hydrogen-bond donors (Lipinski definition) is 1. The van der Waals surface area contributed by atoms with E-state index in [9.17, 15) is 14.4 Å². The molecule has 0 aromatic heterocycles. The summed E-state index contributed by atoms with van der Waals surface area (Å²) < 4.78 is 10.5. The van der Waals surface area contributed by atoms with E-state index >= 15 is 0 Å². The maximum Gasteiger partial charge on any atom is 0.335 e. The van der Waals surface area contributed by atoms with Crippen molar-refractivity contribution in [3.05, 3.63) is 59.2 Å². The third-order valence-corrected chi connectivity index (χ3v) is 4.66. The summed E-state index contributed by atoms with van der Waals surface area (Å²) in [5, 5.41) is 2.22. The Hall–Kier alpha value is -3.61. The molecule has 7 nitrogen and oxygen atoms in total. The van der Waals surface area contributed by atoms with Crippen LogP contribution in [0.5, 0.6) is 11.5 Å². The normalized spacial score (nSPS) is 15.7. The number of imide groups is 2. The van der Waals surface area contributed by atoms with Gasteiger partial charge in [-0.25, -0.2) is 9.69 Å². The minimum atomic E-state index is -0.785. The number of rotatable bonds is 5. The molecule has 0 unspecified atom stereocenters. The van der Waals surface area contributed by atoms with E-state index in [0.717, 1.165) is 10.5 Å². The highest BCUT2D eigenvalue weighted by atomic mass is 16.5. The molecule has 3 rings (SSSR count). The van der Waals surface area contributed by atoms with Gasteiger partial charge in [-0.05, 0) is 47.9 Å². The predicted molar refractivity (Wildman–Crippen MR) is 109 cm³/mol. The molecule has 7 heteroatoms. The quantitative estimate of drug-likeness (QED) is 0.620. The molecule has 0 bridgehead atoms. The first-order valence-electron chi connectivity index (χ1n) is 9.09. The summed E-state index contributed by atoms with van der Waals surface area (Å²) in [5.74, 6) is -0.157. The first-order chi connectivity index (χ1) is 13.8. The zero-order valence-corrected chi connectivity index (χ0v) is 16.7. The Morgan fingerprint density at radius 3 is 2.24 bits per heavy atom. The van der Waals surface area contributed by atoms with Crippen molar-refractivity contribution in [1.29, 1.82) is 0 Å². The Morgan fingerprint density at radius 1 is 0.966 bits per heavy atom. The fourth-order valence-electron chi connectivity index (χ4n) is 3.01. The van der Waals surface area contributed by atoms with E-state index in [1.54, 1.807) is 30.3 Å². The Balaban J connectivity index is 2.02. The van der Waals surface area contributed by atoms with Crippen molar-refractivity contribution in [3.8, 4) is 11.5 Å². The van der Waals surface area contributed by atoms with Crippen LogP contribution >= 0.6 is 0 Å². The van der Waals surface area contributed by atoms with Gasteiger partial charge in [0, 0.05) is 5.56 Å². The molecule has 1 saturated heterocycles. The topological polar surface area (TPSA) is 84.9 Å². The second kappa shape index (κ2) is 8.18. The SMILES string of the molecule is COc1ccc(OC)c(C=C2C(=O)NC(=O)N(c3ccc(C(C)C)cc3)C2=O)c1. The number of methoxy groups -OCH3 is 2. The predicted octanol–water partition coefficient (Wildman–Crippen LogP) is 3.49. The molecule has 0 spiro atoms. The number of hydrogen-bond acceptors (Lipinski definition) is 5. The van der Waals surface area contributed by atoms with Crippen molar-refractivity contribution in [1.82, 2.24) is 5.32 Å². The van der Waals surface area contributed by atoms with Crippen LogP contribution in [0.25, 0.3) is 6.08 Å². The van der Waals surface area contributed by atoms with Crippen molar-refractivity contribution < 1.29 is 23.9 Å². The lowest BCUT2D eigenvalue weighted by Gasteiger charge is -2.26. The van der Waals surface area contributed by atoms with E-state index in [1.165, 1.54) is 20.3 Å². The van der Waals surface area contributed by atoms with Crippen molar-refractivity contribution >= 4 is 29.6 Å². The lowest BCUT2D eigenvalue weighted by molar-refractivity contribution is -0.122. The largest absolute Gasteiger partial charge is 0.497 e. The molecule has 29 heavy (non-hydrogen) atoms. The molecular formula is C22H22N2O5. The van der Waals surface area contributed by atoms with Gasteiger partial charge >= 0.3 is 6.03 Å². The number of nitrogens with zero attached hydrogens (tertiary/aromatic N) is 1. The summed E-state index contributed by atoms with van der Waals surface area (Å²) in [6.07, 6.45) is 1.39. The Bertz CT molecular complexity index is 993. The smallest absolute Gasteiger partial charge is 0.335 e. The van der Waals surface area contributed by atoms with Crippen LogP contribution in [0.4, 0.5) is 10.5 Å². The molecule has 1 fully saturated rings. The number of carbonyl (C=O) groups excluding carboxylic acids is 3. The van der Waals surface area contributed by atoms with Crippen molar-refractivity contribution in [3.63, 3.8) is 0 Å². The van der Waals surface area contributed by atoms with Gasteiger partial charge < -0.3 is 9.47 Å². The molecule has 1 heterocycles. The number of anilines is 1. The van der Waals surface area contributed by atoms with E-state index < -0.39 is 17.8 Å². The summed E-state index contributed by atoms with van der Waals surface area (Å²) in [4.78, 5) is 38.7. The first-order valence-corrected chi connectivity index (χ1v) is 9.09. The number of nitrogens with one attached hydrogen (secondary N) is 1. The van der Waals surface area contributed by atoms with E-state index in [1.807, 2.05) is 12.1 Å². The summed E-state index contributed by atoms with van der Waals surface area (Å²) >= 11 is 0. The highest BCUT2D eigenvalue weighted by Gasteiger charge is 2.37. The fraction of sp³-hybridized carbons (Fsp3) is 0.227. The third kappa shape index (κ3) is 3.99. The molecule has 1 aliphatic heterocycles. The van der Waals surface area contributed by atoms with Crippen LogP contribution in [-0.2, 0) is 9.59 Å². The first kappa shape index (κ1) is 20.1. The summed E-state index contributed by atoms with van der Waals surface area (Å²) in [7, 11) is 3.00. The van der Waals surface area contributed by atoms with Gasteiger partial charge in [0.2, 0.25) is 0 Å². The van der Waals surface area contributed by atoms with Gasteiger partial charge in [0.05, 0.1) is 19.9 Å². The standard InChI is InChI=1S/C22H22N2O5/c1-13(2)14-5-7-16(8-6-14)24-21(26)18(20(25)23-22(24)27)12-15-11-17(28-3)9-10-19(15)29-4/h5-13H,1-4H3,(H,23,25,27). The monoisotopic (exact) mass is 394 g/mol. The Labute approximate surface area is 168 Å². The van der Waals surface area contributed by atoms with Crippen LogP contribution in [0.15, 0.2) is 48.0 Å².